The van der Waals surface area contributed by atoms with Crippen LogP contribution < -0.4 is 4.90 Å². The number of nitrogens with zero attached hydrogens (tertiary/aromatic N) is 1. The average Bonchev–Trinajstić information content (AvgIpc) is 2.27. The number of rotatable bonds is 6. The summed E-state index contributed by atoms with van der Waals surface area (Å²) in [7, 11) is 0. The SMILES string of the molecule is C[C@@H](O)c1cccc(F)c1N(CCO)CC(F)F. The third kappa shape index (κ3) is 3.61. The van der Waals surface area contributed by atoms with Gasteiger partial charge in [0.25, 0.3) is 6.43 Å². The van der Waals surface area contributed by atoms with Crippen molar-refractivity contribution >= 4 is 5.69 Å². The van der Waals surface area contributed by atoms with Gasteiger partial charge in [0.2, 0.25) is 0 Å². The first kappa shape index (κ1) is 14.8. The van der Waals surface area contributed by atoms with E-state index < -0.39 is 24.9 Å². The summed E-state index contributed by atoms with van der Waals surface area (Å²) in [5.41, 5.74) is 0.144. The van der Waals surface area contributed by atoms with Crippen LogP contribution in [-0.2, 0) is 0 Å². The largest absolute Gasteiger partial charge is 0.395 e. The Kier molecular flexibility index (Phi) is 5.43. The van der Waals surface area contributed by atoms with Gasteiger partial charge in [-0.15, -0.1) is 0 Å². The van der Waals surface area contributed by atoms with Crippen molar-refractivity contribution in [2.75, 3.05) is 24.6 Å². The van der Waals surface area contributed by atoms with Gasteiger partial charge in [-0.3, -0.25) is 0 Å². The highest BCUT2D eigenvalue weighted by atomic mass is 19.3. The van der Waals surface area contributed by atoms with Crippen LogP contribution in [0.5, 0.6) is 0 Å². The van der Waals surface area contributed by atoms with Gasteiger partial charge in [0.05, 0.1) is 24.9 Å². The van der Waals surface area contributed by atoms with E-state index in [0.29, 0.717) is 0 Å². The molecule has 0 radical (unpaired) electrons. The van der Waals surface area contributed by atoms with Crippen molar-refractivity contribution in [2.45, 2.75) is 19.5 Å². The fourth-order valence-electron chi connectivity index (χ4n) is 1.78. The molecular formula is C12H16F3NO2. The van der Waals surface area contributed by atoms with Crippen LogP contribution in [0.4, 0.5) is 18.9 Å². The topological polar surface area (TPSA) is 43.7 Å². The minimum Gasteiger partial charge on any atom is -0.395 e. The normalized spacial score (nSPS) is 12.8. The lowest BCUT2D eigenvalue weighted by molar-refractivity contribution is 0.151. The molecule has 1 aromatic rings. The van der Waals surface area contributed by atoms with E-state index >= 15 is 0 Å². The number of para-hydroxylation sites is 1. The number of benzene rings is 1. The highest BCUT2D eigenvalue weighted by Gasteiger charge is 2.21. The van der Waals surface area contributed by atoms with E-state index in [-0.39, 0.29) is 24.4 Å². The van der Waals surface area contributed by atoms with Crippen molar-refractivity contribution in [1.82, 2.24) is 0 Å². The second-order valence-corrected chi connectivity index (χ2v) is 3.91. The van der Waals surface area contributed by atoms with Crippen LogP contribution in [0.3, 0.4) is 0 Å². The van der Waals surface area contributed by atoms with E-state index in [1.54, 1.807) is 0 Å². The maximum atomic E-state index is 13.8. The molecule has 102 valence electrons. The van der Waals surface area contributed by atoms with Crippen molar-refractivity contribution in [3.05, 3.63) is 29.6 Å². The van der Waals surface area contributed by atoms with Crippen LogP contribution in [0.25, 0.3) is 0 Å². The van der Waals surface area contributed by atoms with Crippen molar-refractivity contribution in [2.24, 2.45) is 0 Å². The lowest BCUT2D eigenvalue weighted by Gasteiger charge is -2.27. The highest BCUT2D eigenvalue weighted by Crippen LogP contribution is 2.29. The Morgan fingerprint density at radius 1 is 1.33 bits per heavy atom. The number of hydrogen-bond donors (Lipinski definition) is 2. The number of alkyl halides is 2. The van der Waals surface area contributed by atoms with Crippen LogP contribution in [-0.4, -0.2) is 36.3 Å². The predicted molar refractivity (Wildman–Crippen MR) is 62.3 cm³/mol. The lowest BCUT2D eigenvalue weighted by Crippen LogP contribution is -2.33. The Morgan fingerprint density at radius 3 is 2.50 bits per heavy atom. The smallest absolute Gasteiger partial charge is 0.255 e. The Labute approximate surface area is 103 Å². The van der Waals surface area contributed by atoms with Gasteiger partial charge in [-0.1, -0.05) is 12.1 Å². The van der Waals surface area contributed by atoms with Crippen molar-refractivity contribution < 1.29 is 23.4 Å². The second-order valence-electron chi connectivity index (χ2n) is 3.91. The minimum atomic E-state index is -2.65. The molecule has 0 aromatic heterocycles. The number of hydrogen-bond acceptors (Lipinski definition) is 3. The molecule has 0 aliphatic rings. The third-order valence-electron chi connectivity index (χ3n) is 2.51. The number of aliphatic hydroxyl groups excluding tert-OH is 2. The molecule has 0 fully saturated rings. The summed E-state index contributed by atoms with van der Waals surface area (Å²) in [6.45, 7) is 0.240. The van der Waals surface area contributed by atoms with Crippen LogP contribution in [0.1, 0.15) is 18.6 Å². The minimum absolute atomic E-state index is 0.0816. The molecule has 3 nitrogen and oxygen atoms in total. The summed E-state index contributed by atoms with van der Waals surface area (Å²) in [5.74, 6) is -0.692. The molecule has 6 heteroatoms. The molecule has 0 saturated heterocycles. The highest BCUT2D eigenvalue weighted by molar-refractivity contribution is 5.56. The first-order valence-corrected chi connectivity index (χ1v) is 5.57. The van der Waals surface area contributed by atoms with Gasteiger partial charge in [0.15, 0.2) is 0 Å². The zero-order valence-corrected chi connectivity index (χ0v) is 9.98. The summed E-state index contributed by atoms with van der Waals surface area (Å²) in [6.07, 6.45) is -3.63. The van der Waals surface area contributed by atoms with Gasteiger partial charge in [0, 0.05) is 12.1 Å². The van der Waals surface area contributed by atoms with Gasteiger partial charge in [-0.2, -0.15) is 0 Å². The molecule has 1 rings (SSSR count). The Morgan fingerprint density at radius 2 is 2.00 bits per heavy atom. The molecule has 0 aliphatic carbocycles. The van der Waals surface area contributed by atoms with E-state index in [1.807, 2.05) is 0 Å². The summed E-state index contributed by atoms with van der Waals surface area (Å²) < 4.78 is 38.7. The fourth-order valence-corrected chi connectivity index (χ4v) is 1.78. The molecule has 0 unspecified atom stereocenters. The number of halogens is 3. The van der Waals surface area contributed by atoms with E-state index in [1.165, 1.54) is 19.1 Å². The van der Waals surface area contributed by atoms with E-state index in [2.05, 4.69) is 0 Å². The first-order valence-electron chi connectivity index (χ1n) is 5.57. The Bertz CT molecular complexity index is 386. The van der Waals surface area contributed by atoms with Crippen molar-refractivity contribution in [1.29, 1.82) is 0 Å². The van der Waals surface area contributed by atoms with Crippen LogP contribution in [0.15, 0.2) is 18.2 Å². The zero-order valence-electron chi connectivity index (χ0n) is 9.98. The Hall–Kier alpha value is -1.27. The molecule has 0 spiro atoms. The molecule has 0 aliphatic heterocycles. The van der Waals surface area contributed by atoms with Gasteiger partial charge < -0.3 is 15.1 Å². The van der Waals surface area contributed by atoms with Gasteiger partial charge in [-0.25, -0.2) is 13.2 Å². The van der Waals surface area contributed by atoms with Crippen LogP contribution in [0, 0.1) is 5.82 Å². The van der Waals surface area contributed by atoms with Gasteiger partial charge in [-0.05, 0) is 13.0 Å². The monoisotopic (exact) mass is 263 g/mol. The summed E-state index contributed by atoms with van der Waals surface area (Å²) in [5, 5.41) is 18.4. The van der Waals surface area contributed by atoms with Crippen molar-refractivity contribution in [3.63, 3.8) is 0 Å². The first-order chi connectivity index (χ1) is 8.47. The summed E-state index contributed by atoms with van der Waals surface area (Å²) >= 11 is 0. The summed E-state index contributed by atoms with van der Waals surface area (Å²) in [6, 6.07) is 4.01. The van der Waals surface area contributed by atoms with E-state index in [9.17, 15) is 18.3 Å². The molecule has 0 amide bonds. The van der Waals surface area contributed by atoms with Crippen LogP contribution in [0.2, 0.25) is 0 Å². The molecule has 2 N–H and O–H groups in total. The molecule has 18 heavy (non-hydrogen) atoms. The maximum absolute atomic E-state index is 13.8. The molecule has 0 bridgehead atoms. The maximum Gasteiger partial charge on any atom is 0.255 e. The quantitative estimate of drug-likeness (QED) is 0.824. The molecule has 0 heterocycles. The lowest BCUT2D eigenvalue weighted by atomic mass is 10.1. The second kappa shape index (κ2) is 6.61. The van der Waals surface area contributed by atoms with E-state index in [4.69, 9.17) is 5.11 Å². The molecular weight excluding hydrogens is 247 g/mol. The van der Waals surface area contributed by atoms with Gasteiger partial charge >= 0.3 is 0 Å². The zero-order chi connectivity index (χ0) is 13.7. The number of aliphatic hydroxyl groups is 2. The Balaban J connectivity index is 3.16. The van der Waals surface area contributed by atoms with Crippen molar-refractivity contribution in [3.8, 4) is 0 Å². The molecule has 0 saturated carbocycles. The van der Waals surface area contributed by atoms with E-state index in [0.717, 1.165) is 11.0 Å². The standard InChI is InChI=1S/C12H16F3NO2/c1-8(18)9-3-2-4-10(13)12(9)16(5-6-17)7-11(14)15/h2-4,8,11,17-18H,5-7H2,1H3/t8-/m1/s1. The average molecular weight is 263 g/mol. The molecule has 1 atom stereocenters. The van der Waals surface area contributed by atoms with Gasteiger partial charge in [0.1, 0.15) is 5.82 Å². The third-order valence-corrected chi connectivity index (χ3v) is 2.51. The summed E-state index contributed by atoms with van der Waals surface area (Å²) in [4.78, 5) is 1.04. The molecule has 1 aromatic carbocycles. The van der Waals surface area contributed by atoms with Crippen LogP contribution >= 0.6 is 0 Å². The predicted octanol–water partition coefficient (Wildman–Crippen LogP) is 1.94. The fraction of sp³-hybridized carbons (Fsp3) is 0.500. The number of anilines is 1.